The van der Waals surface area contributed by atoms with E-state index in [2.05, 4.69) is 19.7 Å². The van der Waals surface area contributed by atoms with Gasteiger partial charge in [0.2, 0.25) is 10.0 Å². The molecule has 0 aliphatic rings. The molecule has 28 heavy (non-hydrogen) atoms. The Morgan fingerprint density at radius 3 is 2.75 bits per heavy atom. The Labute approximate surface area is 165 Å². The molecule has 0 aliphatic carbocycles. The fourth-order valence-corrected chi connectivity index (χ4v) is 5.04. The topological polar surface area (TPSA) is 108 Å². The number of imidazole rings is 1. The van der Waals surface area contributed by atoms with Gasteiger partial charge in [-0.2, -0.15) is 11.3 Å². The minimum atomic E-state index is -3.83. The van der Waals surface area contributed by atoms with Gasteiger partial charge in [-0.15, -0.1) is 0 Å². The van der Waals surface area contributed by atoms with Crippen molar-refractivity contribution in [3.63, 3.8) is 0 Å². The number of nitrogens with one attached hydrogen (secondary N) is 3. The second-order valence-corrected chi connectivity index (χ2v) is 9.00. The molecule has 0 saturated heterocycles. The van der Waals surface area contributed by atoms with E-state index in [1.807, 2.05) is 35.9 Å². The standard InChI is InChI=1S/C19H18N4O3S2/c1-12-3-2-7-20-18(12)17(9-13-6-8-27-11-13)23-28(25,26)14-4-5-15-16(10-14)22-19(24)21-15/h2-8,10-11,17,23H,9H2,1H3,(H2,21,22,24)/t17-/m0/s1. The monoisotopic (exact) mass is 414 g/mol. The van der Waals surface area contributed by atoms with Crippen LogP contribution in [0.5, 0.6) is 0 Å². The minimum absolute atomic E-state index is 0.0825. The Balaban J connectivity index is 1.71. The van der Waals surface area contributed by atoms with Gasteiger partial charge in [0.05, 0.1) is 27.7 Å². The van der Waals surface area contributed by atoms with Gasteiger partial charge >= 0.3 is 5.69 Å². The van der Waals surface area contributed by atoms with Crippen LogP contribution in [0.3, 0.4) is 0 Å². The van der Waals surface area contributed by atoms with Crippen molar-refractivity contribution in [2.75, 3.05) is 0 Å². The predicted octanol–water partition coefficient (Wildman–Crippen LogP) is 2.88. The van der Waals surface area contributed by atoms with Crippen LogP contribution in [0, 0.1) is 6.92 Å². The van der Waals surface area contributed by atoms with Gasteiger partial charge in [-0.05, 0) is 65.6 Å². The van der Waals surface area contributed by atoms with Crippen molar-refractivity contribution in [3.05, 3.63) is 80.7 Å². The number of sulfonamides is 1. The molecule has 0 spiro atoms. The number of thiophene rings is 1. The van der Waals surface area contributed by atoms with Gasteiger partial charge in [-0.3, -0.25) is 4.98 Å². The first kappa shape index (κ1) is 18.6. The lowest BCUT2D eigenvalue weighted by Gasteiger charge is -2.20. The summed E-state index contributed by atoms with van der Waals surface area (Å²) in [6, 6.07) is 9.69. The SMILES string of the molecule is Cc1cccnc1[C@H](Cc1ccsc1)NS(=O)(=O)c1ccc2[nH]c(=O)[nH]c2c1. The number of rotatable bonds is 6. The summed E-state index contributed by atoms with van der Waals surface area (Å²) < 4.78 is 28.9. The second-order valence-electron chi connectivity index (χ2n) is 6.50. The highest BCUT2D eigenvalue weighted by Crippen LogP contribution is 2.24. The zero-order valence-corrected chi connectivity index (χ0v) is 16.6. The highest BCUT2D eigenvalue weighted by Gasteiger charge is 2.24. The van der Waals surface area contributed by atoms with Crippen molar-refractivity contribution in [3.8, 4) is 0 Å². The van der Waals surface area contributed by atoms with E-state index in [1.165, 1.54) is 12.1 Å². The minimum Gasteiger partial charge on any atom is -0.306 e. The van der Waals surface area contributed by atoms with Crippen LogP contribution >= 0.6 is 11.3 Å². The second kappa shape index (κ2) is 7.34. The molecule has 1 atom stereocenters. The van der Waals surface area contributed by atoms with E-state index in [9.17, 15) is 13.2 Å². The van der Waals surface area contributed by atoms with Crippen molar-refractivity contribution >= 4 is 32.4 Å². The first-order valence-corrected chi connectivity index (χ1v) is 11.0. The molecule has 4 aromatic rings. The summed E-state index contributed by atoms with van der Waals surface area (Å²) in [7, 11) is -3.83. The highest BCUT2D eigenvalue weighted by molar-refractivity contribution is 7.89. The summed E-state index contributed by atoms with van der Waals surface area (Å²) in [6.07, 6.45) is 2.15. The van der Waals surface area contributed by atoms with Gasteiger partial charge in [-0.25, -0.2) is 17.9 Å². The molecular weight excluding hydrogens is 396 g/mol. The molecule has 3 heterocycles. The molecule has 4 rings (SSSR count). The van der Waals surface area contributed by atoms with Gasteiger partial charge in [0.1, 0.15) is 0 Å². The predicted molar refractivity (Wildman–Crippen MR) is 109 cm³/mol. The van der Waals surface area contributed by atoms with Crippen molar-refractivity contribution < 1.29 is 8.42 Å². The van der Waals surface area contributed by atoms with Gasteiger partial charge in [0.25, 0.3) is 0 Å². The largest absolute Gasteiger partial charge is 0.323 e. The van der Waals surface area contributed by atoms with Crippen LogP contribution < -0.4 is 10.4 Å². The summed E-state index contributed by atoms with van der Waals surface area (Å²) in [5.74, 6) is 0. The van der Waals surface area contributed by atoms with E-state index in [1.54, 1.807) is 23.6 Å². The lowest BCUT2D eigenvalue weighted by molar-refractivity contribution is 0.549. The van der Waals surface area contributed by atoms with Crippen LogP contribution in [0.15, 0.2) is 63.0 Å². The van der Waals surface area contributed by atoms with E-state index < -0.39 is 16.1 Å². The molecule has 0 unspecified atom stereocenters. The summed E-state index contributed by atoms with van der Waals surface area (Å²) in [5, 5.41) is 3.96. The normalized spacial score (nSPS) is 13.0. The van der Waals surface area contributed by atoms with E-state index >= 15 is 0 Å². The third-order valence-electron chi connectivity index (χ3n) is 4.50. The van der Waals surface area contributed by atoms with Crippen molar-refractivity contribution in [1.82, 2.24) is 19.7 Å². The van der Waals surface area contributed by atoms with Crippen molar-refractivity contribution in [2.45, 2.75) is 24.3 Å². The maximum atomic E-state index is 13.1. The molecule has 144 valence electrons. The molecule has 1 aromatic carbocycles. The van der Waals surface area contributed by atoms with Crippen LogP contribution in [-0.4, -0.2) is 23.4 Å². The van der Waals surface area contributed by atoms with Crippen LogP contribution in [-0.2, 0) is 16.4 Å². The van der Waals surface area contributed by atoms with Crippen molar-refractivity contribution in [2.24, 2.45) is 0 Å². The third-order valence-corrected chi connectivity index (χ3v) is 6.70. The molecule has 0 bridgehead atoms. The van der Waals surface area contributed by atoms with Crippen LogP contribution in [0.4, 0.5) is 0 Å². The summed E-state index contributed by atoms with van der Waals surface area (Å²) in [6.45, 7) is 1.91. The van der Waals surface area contributed by atoms with Gasteiger partial charge in [0, 0.05) is 6.20 Å². The molecule has 0 aliphatic heterocycles. The fourth-order valence-electron chi connectivity index (χ4n) is 3.14. The van der Waals surface area contributed by atoms with Crippen LogP contribution in [0.2, 0.25) is 0 Å². The summed E-state index contributed by atoms with van der Waals surface area (Å²) >= 11 is 1.56. The molecule has 0 amide bonds. The molecule has 3 N–H and O–H groups in total. The number of hydrogen-bond acceptors (Lipinski definition) is 5. The van der Waals surface area contributed by atoms with E-state index in [-0.39, 0.29) is 10.6 Å². The maximum Gasteiger partial charge on any atom is 0.323 e. The van der Waals surface area contributed by atoms with E-state index in [0.29, 0.717) is 23.1 Å². The molecule has 0 saturated carbocycles. The number of benzene rings is 1. The number of aromatic nitrogens is 3. The fraction of sp³-hybridized carbons (Fsp3) is 0.158. The molecular formula is C19H18N4O3S2. The molecule has 3 aromatic heterocycles. The van der Waals surface area contributed by atoms with Gasteiger partial charge < -0.3 is 9.97 Å². The number of aryl methyl sites for hydroxylation is 1. The lowest BCUT2D eigenvalue weighted by atomic mass is 10.0. The van der Waals surface area contributed by atoms with Crippen LogP contribution in [0.1, 0.15) is 22.9 Å². The smallest absolute Gasteiger partial charge is 0.306 e. The maximum absolute atomic E-state index is 13.1. The van der Waals surface area contributed by atoms with E-state index in [0.717, 1.165) is 11.1 Å². The quantitative estimate of drug-likeness (QED) is 0.451. The Bertz CT molecular complexity index is 1270. The zero-order valence-electron chi connectivity index (χ0n) is 15.0. The summed E-state index contributed by atoms with van der Waals surface area (Å²) in [4.78, 5) is 21.1. The molecule has 0 fully saturated rings. The Hall–Kier alpha value is -2.75. The molecule has 9 heteroatoms. The first-order valence-electron chi connectivity index (χ1n) is 8.59. The Kier molecular flexibility index (Phi) is 4.88. The number of pyridine rings is 1. The molecule has 7 nitrogen and oxygen atoms in total. The van der Waals surface area contributed by atoms with Gasteiger partial charge in [0.15, 0.2) is 0 Å². The van der Waals surface area contributed by atoms with E-state index in [4.69, 9.17) is 0 Å². The average molecular weight is 415 g/mol. The lowest BCUT2D eigenvalue weighted by Crippen LogP contribution is -2.31. The third kappa shape index (κ3) is 3.77. The Morgan fingerprint density at radius 2 is 2.00 bits per heavy atom. The number of hydrogen-bond donors (Lipinski definition) is 3. The number of H-pyrrole nitrogens is 2. The first-order chi connectivity index (χ1) is 13.4. The van der Waals surface area contributed by atoms with Crippen LogP contribution in [0.25, 0.3) is 11.0 Å². The Morgan fingerprint density at radius 1 is 1.18 bits per heavy atom. The zero-order chi connectivity index (χ0) is 19.7. The van der Waals surface area contributed by atoms with Crippen molar-refractivity contribution in [1.29, 1.82) is 0 Å². The number of fused-ring (bicyclic) bond motifs is 1. The highest BCUT2D eigenvalue weighted by atomic mass is 32.2. The summed E-state index contributed by atoms with van der Waals surface area (Å²) in [5.41, 5.74) is 3.25. The average Bonchev–Trinajstić information content (AvgIpc) is 3.29. The number of aromatic amines is 2. The number of nitrogens with zero attached hydrogens (tertiary/aromatic N) is 1. The molecule has 0 radical (unpaired) electrons. The van der Waals surface area contributed by atoms with Gasteiger partial charge in [-0.1, -0.05) is 6.07 Å².